The van der Waals surface area contributed by atoms with Gasteiger partial charge in [-0.05, 0) is 13.0 Å². The largest absolute Gasteiger partial charge is 0.490 e. The summed E-state index contributed by atoms with van der Waals surface area (Å²) >= 11 is 0. The van der Waals surface area contributed by atoms with Crippen LogP contribution in [0.3, 0.4) is 0 Å². The zero-order valence-corrected chi connectivity index (χ0v) is 22.9. The van der Waals surface area contributed by atoms with Gasteiger partial charge in [-0.15, -0.1) is 0 Å². The van der Waals surface area contributed by atoms with E-state index >= 15 is 0 Å². The minimum atomic E-state index is -5.79. The fourth-order valence-electron chi connectivity index (χ4n) is 4.05. The number of phosphoric acid groups is 3. The van der Waals surface area contributed by atoms with E-state index in [0.717, 1.165) is 11.6 Å². The van der Waals surface area contributed by atoms with Crippen molar-refractivity contribution in [1.82, 2.24) is 20.0 Å². The second-order valence-electron chi connectivity index (χ2n) is 8.72. The van der Waals surface area contributed by atoms with Crippen LogP contribution in [0.5, 0.6) is 0 Å². The van der Waals surface area contributed by atoms with Gasteiger partial charge in [0, 0.05) is 23.9 Å². The van der Waals surface area contributed by atoms with Gasteiger partial charge in [-0.1, -0.05) is 0 Å². The molecule has 23 heteroatoms. The first-order valence-corrected chi connectivity index (χ1v) is 15.3. The summed E-state index contributed by atoms with van der Waals surface area (Å²) in [6, 6.07) is 1.39. The molecule has 0 spiro atoms. The van der Waals surface area contributed by atoms with E-state index in [4.69, 9.17) is 14.5 Å². The molecule has 3 heterocycles. The molecule has 1 aliphatic rings. The Bertz CT molecular complexity index is 1680. The Morgan fingerprint density at radius 1 is 1.20 bits per heavy atom. The minimum absolute atomic E-state index is 0.105. The number of amides is 1. The number of anilines is 1. The lowest BCUT2D eigenvalue weighted by Crippen LogP contribution is -2.44. The molecule has 0 aliphatic carbocycles. The summed E-state index contributed by atoms with van der Waals surface area (Å²) in [4.78, 5) is 60.3. The Morgan fingerprint density at radius 3 is 2.50 bits per heavy atom. The maximum Gasteiger partial charge on any atom is 0.490 e. The van der Waals surface area contributed by atoms with Crippen molar-refractivity contribution >= 4 is 56.7 Å². The average Bonchev–Trinajstić information content (AvgIpc) is 3.17. The van der Waals surface area contributed by atoms with Crippen LogP contribution in [0, 0.1) is 0 Å². The number of ether oxygens (including phenoxy) is 1. The first-order valence-electron chi connectivity index (χ1n) is 10.8. The molecule has 40 heavy (non-hydrogen) atoms. The highest BCUT2D eigenvalue weighted by Gasteiger charge is 2.54. The molecule has 1 fully saturated rings. The van der Waals surface area contributed by atoms with Crippen molar-refractivity contribution in [3.63, 3.8) is 0 Å². The van der Waals surface area contributed by atoms with Crippen LogP contribution >= 0.6 is 23.5 Å². The molecule has 2 aromatic heterocycles. The summed E-state index contributed by atoms with van der Waals surface area (Å²) in [6.07, 6.45) is -2.47. The maximum absolute atomic E-state index is 12.4. The highest BCUT2D eigenvalue weighted by molar-refractivity contribution is 7.66. The van der Waals surface area contributed by atoms with E-state index in [-0.39, 0.29) is 22.0 Å². The van der Waals surface area contributed by atoms with E-state index in [1.807, 2.05) is 0 Å². The summed E-state index contributed by atoms with van der Waals surface area (Å²) in [5.41, 5.74) is -2.43. The van der Waals surface area contributed by atoms with Crippen molar-refractivity contribution in [3.05, 3.63) is 28.8 Å². The van der Waals surface area contributed by atoms with Crippen molar-refractivity contribution in [1.29, 1.82) is 0 Å². The van der Waals surface area contributed by atoms with Crippen LogP contribution in [-0.2, 0) is 36.4 Å². The molecule has 220 valence electrons. The van der Waals surface area contributed by atoms with Gasteiger partial charge in [0.15, 0.2) is 6.23 Å². The molecular weight excluding hydrogens is 607 g/mol. The van der Waals surface area contributed by atoms with E-state index in [2.05, 4.69) is 33.8 Å². The molecule has 1 amide bonds. The van der Waals surface area contributed by atoms with Crippen molar-refractivity contribution < 1.29 is 66.2 Å². The van der Waals surface area contributed by atoms with Crippen LogP contribution in [0.1, 0.15) is 20.1 Å². The lowest BCUT2D eigenvalue weighted by atomic mass is 9.97. The number of nitrogens with one attached hydrogen (secondary N) is 2. The second kappa shape index (κ2) is 10.5. The summed E-state index contributed by atoms with van der Waals surface area (Å²) in [5.74, 6) is -0.458. The third-order valence-corrected chi connectivity index (χ3v) is 9.38. The predicted molar refractivity (Wildman–Crippen MR) is 130 cm³/mol. The van der Waals surface area contributed by atoms with Gasteiger partial charge in [0.05, 0.1) is 23.9 Å². The zero-order valence-electron chi connectivity index (χ0n) is 20.2. The van der Waals surface area contributed by atoms with Gasteiger partial charge in [0.1, 0.15) is 23.3 Å². The number of carbonyl (C=O) groups excluding carboxylic acids is 1. The number of nitrogens with zero attached hydrogens (tertiary/aromatic N) is 3. The highest BCUT2D eigenvalue weighted by atomic mass is 31.3. The van der Waals surface area contributed by atoms with Gasteiger partial charge in [0.2, 0.25) is 5.91 Å². The number of phosphoric ester groups is 1. The molecule has 3 aromatic rings. The molecule has 0 bridgehead atoms. The minimum Gasteiger partial charge on any atom is -0.387 e. The van der Waals surface area contributed by atoms with Crippen molar-refractivity contribution in [3.8, 4) is 0 Å². The predicted octanol–water partition coefficient (Wildman–Crippen LogP) is -0.416. The van der Waals surface area contributed by atoms with Crippen molar-refractivity contribution in [2.24, 2.45) is 0 Å². The second-order valence-corrected chi connectivity index (χ2v) is 13.1. The number of aliphatic hydroxyl groups is 2. The molecule has 4 rings (SSSR count). The molecule has 1 aromatic carbocycles. The normalized spacial score (nSPS) is 26.6. The van der Waals surface area contributed by atoms with Gasteiger partial charge >= 0.3 is 23.5 Å². The number of aromatic amines is 1. The van der Waals surface area contributed by atoms with Gasteiger partial charge in [-0.25, -0.2) is 23.5 Å². The molecule has 8 N–H and O–H groups in total. The summed E-state index contributed by atoms with van der Waals surface area (Å²) in [6.45, 7) is 1.32. The molecule has 20 nitrogen and oxygen atoms in total. The van der Waals surface area contributed by atoms with E-state index in [1.54, 1.807) is 0 Å². The standard InChI is InChI=1S/C17H22N5O15P3/c1-7(23)19-10-3-8-13-9(10)5-22(21-11(13)4-18-20-15(8)25)16-17(2,26)14(24)12(35-16)6-34-39(30,31)37-40(32,33)36-38(27,28)29/h3-5,12,14,16,24,26H,6H2,1-2H3,(H,19,23)(H,20,25)(H,30,31)(H,32,33)(H2,27,28,29)/t12-,14-,16-,17-/m1/s1. The zero-order chi connectivity index (χ0) is 29.8. The van der Waals surface area contributed by atoms with Gasteiger partial charge in [0.25, 0.3) is 5.56 Å². The number of H-pyrrole nitrogens is 1. The van der Waals surface area contributed by atoms with Crippen LogP contribution in [0.4, 0.5) is 5.69 Å². The third-order valence-electron chi connectivity index (χ3n) is 5.58. The Balaban J connectivity index is 1.64. The molecule has 0 saturated carbocycles. The Labute approximate surface area is 221 Å². The highest BCUT2D eigenvalue weighted by Crippen LogP contribution is 2.66. The SMILES string of the molecule is CC(=O)Nc1cc2c(=O)[nH]ncc3nn([C@@H]4O[C@H](COP(=O)(O)OP(=O)(O)OP(=O)(O)O)[C@@H](O)[C@@]4(C)O)cc1c32. The van der Waals surface area contributed by atoms with Crippen LogP contribution < -0.4 is 10.9 Å². The smallest absolute Gasteiger partial charge is 0.387 e. The van der Waals surface area contributed by atoms with Crippen LogP contribution in [-0.4, -0.2) is 80.1 Å². The van der Waals surface area contributed by atoms with Crippen molar-refractivity contribution in [2.45, 2.75) is 37.9 Å². The van der Waals surface area contributed by atoms with Gasteiger partial charge in [-0.3, -0.25) is 14.1 Å². The molecule has 2 unspecified atom stereocenters. The maximum atomic E-state index is 12.4. The lowest BCUT2D eigenvalue weighted by Gasteiger charge is -2.27. The van der Waals surface area contributed by atoms with E-state index in [0.29, 0.717) is 5.39 Å². The van der Waals surface area contributed by atoms with Crippen molar-refractivity contribution in [2.75, 3.05) is 11.9 Å². The Hall–Kier alpha value is -2.41. The summed E-state index contributed by atoms with van der Waals surface area (Å²) in [5, 5.41) is 35.3. The van der Waals surface area contributed by atoms with Gasteiger partial charge in [-0.2, -0.15) is 18.8 Å². The molecule has 1 aliphatic heterocycles. The van der Waals surface area contributed by atoms with E-state index in [1.165, 1.54) is 25.4 Å². The number of hydrogen-bond donors (Lipinski definition) is 8. The van der Waals surface area contributed by atoms with Crippen LogP contribution in [0.15, 0.2) is 23.3 Å². The Morgan fingerprint density at radius 2 is 1.88 bits per heavy atom. The number of aromatic nitrogens is 4. The Kier molecular flexibility index (Phi) is 7.98. The number of aliphatic hydroxyl groups excluding tert-OH is 1. The fourth-order valence-corrected chi connectivity index (χ4v) is 7.08. The topological polar surface area (TPSA) is 302 Å². The van der Waals surface area contributed by atoms with Gasteiger partial charge < -0.3 is 39.8 Å². The lowest BCUT2D eigenvalue weighted by molar-refractivity contribution is -0.114. The summed E-state index contributed by atoms with van der Waals surface area (Å²) < 4.78 is 52.8. The van der Waals surface area contributed by atoms with E-state index < -0.39 is 65.6 Å². The number of hydrogen-bond acceptors (Lipinski definition) is 13. The number of carbonyl (C=O) groups is 1. The molecule has 1 saturated heterocycles. The monoisotopic (exact) mass is 629 g/mol. The summed E-state index contributed by atoms with van der Waals surface area (Å²) in [7, 11) is -16.9. The van der Waals surface area contributed by atoms with Crippen LogP contribution in [0.2, 0.25) is 0 Å². The molecular formula is C17H22N5O15P3. The van der Waals surface area contributed by atoms with Crippen LogP contribution in [0.25, 0.3) is 21.7 Å². The van der Waals surface area contributed by atoms with E-state index in [9.17, 15) is 43.3 Å². The first kappa shape index (κ1) is 30.5. The quantitative estimate of drug-likeness (QED) is 0.139. The fraction of sp³-hybridized carbons (Fsp3) is 0.412. The molecule has 0 radical (unpaired) electrons. The first-order chi connectivity index (χ1) is 18.3. The number of rotatable bonds is 9. The third kappa shape index (κ3) is 6.40. The molecule has 6 atom stereocenters. The average molecular weight is 629 g/mol.